The summed E-state index contributed by atoms with van der Waals surface area (Å²) in [5.74, 6) is 2.64. The van der Waals surface area contributed by atoms with Gasteiger partial charge in [0.2, 0.25) is 0 Å². The highest BCUT2D eigenvalue weighted by Crippen LogP contribution is 2.10. The fourth-order valence-electron chi connectivity index (χ4n) is 3.09. The van der Waals surface area contributed by atoms with Crippen LogP contribution in [0.4, 0.5) is 0 Å². The fraction of sp³-hybridized carbons (Fsp3) is 0.125. The third-order valence-electron chi connectivity index (χ3n) is 4.78. The standard InChI is InChI=1S/C24H23NOSi/c1-20(21-12-6-3-7-13-21)25-24(26)18-19-27(2,22-14-8-4-9-15-22)23-16-10-5-11-17-23/h3-17,20H,1-2H3,(H,25,26). The van der Waals surface area contributed by atoms with Crippen LogP contribution in [0.15, 0.2) is 91.0 Å². The van der Waals surface area contributed by atoms with Crippen molar-refractivity contribution in [2.45, 2.75) is 19.5 Å². The van der Waals surface area contributed by atoms with E-state index in [2.05, 4.69) is 47.6 Å². The van der Waals surface area contributed by atoms with E-state index in [1.807, 2.05) is 73.7 Å². The van der Waals surface area contributed by atoms with Gasteiger partial charge >= 0.3 is 0 Å². The summed E-state index contributed by atoms with van der Waals surface area (Å²) >= 11 is 0. The number of hydrogen-bond acceptors (Lipinski definition) is 1. The average Bonchev–Trinajstić information content (AvgIpc) is 2.74. The Hall–Kier alpha value is -3.09. The maximum Gasteiger partial charge on any atom is 0.295 e. The lowest BCUT2D eigenvalue weighted by molar-refractivity contribution is -0.116. The number of carbonyl (C=O) groups is 1. The van der Waals surface area contributed by atoms with Crippen LogP contribution >= 0.6 is 0 Å². The number of carbonyl (C=O) groups excluding carboxylic acids is 1. The van der Waals surface area contributed by atoms with Crippen LogP contribution in [0.1, 0.15) is 18.5 Å². The highest BCUT2D eigenvalue weighted by molar-refractivity contribution is 7.07. The molecule has 0 fully saturated rings. The van der Waals surface area contributed by atoms with Crippen molar-refractivity contribution in [3.63, 3.8) is 0 Å². The molecule has 27 heavy (non-hydrogen) atoms. The van der Waals surface area contributed by atoms with Crippen molar-refractivity contribution in [2.75, 3.05) is 0 Å². The molecule has 2 nitrogen and oxygen atoms in total. The summed E-state index contributed by atoms with van der Waals surface area (Å²) in [6.45, 7) is 4.17. The third kappa shape index (κ3) is 4.55. The van der Waals surface area contributed by atoms with Crippen molar-refractivity contribution < 1.29 is 4.79 Å². The van der Waals surface area contributed by atoms with E-state index >= 15 is 0 Å². The predicted molar refractivity (Wildman–Crippen MR) is 115 cm³/mol. The first-order valence-corrected chi connectivity index (χ1v) is 11.6. The Morgan fingerprint density at radius 1 is 0.815 bits per heavy atom. The molecule has 0 aromatic heterocycles. The summed E-state index contributed by atoms with van der Waals surface area (Å²) < 4.78 is 0. The molecule has 3 aromatic carbocycles. The molecule has 1 atom stereocenters. The highest BCUT2D eigenvalue weighted by atomic mass is 28.3. The molecule has 1 amide bonds. The van der Waals surface area contributed by atoms with Crippen molar-refractivity contribution in [3.05, 3.63) is 96.6 Å². The van der Waals surface area contributed by atoms with Crippen LogP contribution in [-0.2, 0) is 4.79 Å². The van der Waals surface area contributed by atoms with Gasteiger partial charge in [-0.05, 0) is 28.8 Å². The molecule has 0 saturated heterocycles. The quantitative estimate of drug-likeness (QED) is 0.555. The number of amides is 1. The maximum absolute atomic E-state index is 12.5. The third-order valence-corrected chi connectivity index (χ3v) is 8.38. The minimum Gasteiger partial charge on any atom is -0.339 e. The van der Waals surface area contributed by atoms with Crippen LogP contribution in [0.5, 0.6) is 0 Å². The number of rotatable bonds is 4. The van der Waals surface area contributed by atoms with E-state index in [1.54, 1.807) is 0 Å². The molecule has 1 unspecified atom stereocenters. The Balaban J connectivity index is 1.87. The number of benzene rings is 3. The monoisotopic (exact) mass is 369 g/mol. The minimum absolute atomic E-state index is 0.0747. The number of nitrogens with one attached hydrogen (secondary N) is 1. The Morgan fingerprint density at radius 2 is 1.26 bits per heavy atom. The molecule has 0 bridgehead atoms. The Labute approximate surface area is 162 Å². The predicted octanol–water partition coefficient (Wildman–Crippen LogP) is 3.30. The second kappa shape index (κ2) is 8.53. The highest BCUT2D eigenvalue weighted by Gasteiger charge is 2.30. The van der Waals surface area contributed by atoms with Crippen LogP contribution in [-0.4, -0.2) is 14.0 Å². The van der Waals surface area contributed by atoms with Crippen molar-refractivity contribution in [2.24, 2.45) is 0 Å². The smallest absolute Gasteiger partial charge is 0.295 e. The van der Waals surface area contributed by atoms with Gasteiger partial charge in [-0.25, -0.2) is 0 Å². The van der Waals surface area contributed by atoms with Gasteiger partial charge in [0.1, 0.15) is 0 Å². The van der Waals surface area contributed by atoms with Crippen molar-refractivity contribution in [3.8, 4) is 11.5 Å². The molecule has 0 spiro atoms. The summed E-state index contributed by atoms with van der Waals surface area (Å²) in [6, 6.07) is 30.4. The topological polar surface area (TPSA) is 29.1 Å². The van der Waals surface area contributed by atoms with Gasteiger partial charge < -0.3 is 5.32 Å². The zero-order chi connectivity index (χ0) is 19.1. The van der Waals surface area contributed by atoms with Gasteiger partial charge in [-0.2, -0.15) is 0 Å². The Bertz CT molecular complexity index is 904. The van der Waals surface area contributed by atoms with Gasteiger partial charge in [0.25, 0.3) is 5.91 Å². The summed E-state index contributed by atoms with van der Waals surface area (Å²) in [5, 5.41) is 5.38. The first-order valence-electron chi connectivity index (χ1n) is 9.09. The largest absolute Gasteiger partial charge is 0.339 e. The lowest BCUT2D eigenvalue weighted by Crippen LogP contribution is -2.55. The zero-order valence-corrected chi connectivity index (χ0v) is 16.6. The first-order chi connectivity index (χ1) is 13.1. The summed E-state index contributed by atoms with van der Waals surface area (Å²) in [4.78, 5) is 12.5. The Kier molecular flexibility index (Phi) is 5.90. The van der Waals surface area contributed by atoms with E-state index in [9.17, 15) is 4.79 Å². The molecule has 0 aliphatic carbocycles. The van der Waals surface area contributed by atoms with Crippen molar-refractivity contribution in [1.82, 2.24) is 5.32 Å². The van der Waals surface area contributed by atoms with Crippen LogP contribution in [0.25, 0.3) is 0 Å². The summed E-state index contributed by atoms with van der Waals surface area (Å²) in [6.07, 6.45) is 0. The van der Waals surface area contributed by atoms with Gasteiger partial charge in [0, 0.05) is 0 Å². The van der Waals surface area contributed by atoms with Gasteiger partial charge in [0.05, 0.1) is 6.04 Å². The number of hydrogen-bond donors (Lipinski definition) is 1. The molecule has 0 aliphatic heterocycles. The molecule has 3 aromatic rings. The van der Waals surface area contributed by atoms with E-state index in [-0.39, 0.29) is 11.9 Å². The molecule has 0 heterocycles. The van der Waals surface area contributed by atoms with Crippen LogP contribution < -0.4 is 15.7 Å². The average molecular weight is 370 g/mol. The molecule has 134 valence electrons. The molecule has 0 radical (unpaired) electrons. The molecular formula is C24H23NOSi. The summed E-state index contributed by atoms with van der Waals surface area (Å²) in [5.41, 5.74) is 4.43. The normalized spacial score (nSPS) is 11.8. The van der Waals surface area contributed by atoms with E-state index in [1.165, 1.54) is 10.4 Å². The van der Waals surface area contributed by atoms with E-state index in [4.69, 9.17) is 0 Å². The molecule has 0 saturated carbocycles. The first kappa shape index (κ1) is 18.7. The second-order valence-corrected chi connectivity index (χ2v) is 10.4. The molecule has 1 N–H and O–H groups in total. The van der Waals surface area contributed by atoms with Crippen molar-refractivity contribution in [1.29, 1.82) is 0 Å². The van der Waals surface area contributed by atoms with Gasteiger partial charge in [0.15, 0.2) is 8.07 Å². The van der Waals surface area contributed by atoms with Crippen LogP contribution in [0, 0.1) is 11.5 Å². The minimum atomic E-state index is -2.32. The molecular weight excluding hydrogens is 346 g/mol. The van der Waals surface area contributed by atoms with E-state index in [0.717, 1.165) is 5.56 Å². The van der Waals surface area contributed by atoms with E-state index < -0.39 is 8.07 Å². The van der Waals surface area contributed by atoms with Crippen LogP contribution in [0.2, 0.25) is 6.55 Å². The second-order valence-electron chi connectivity index (χ2n) is 6.71. The summed E-state index contributed by atoms with van der Waals surface area (Å²) in [7, 11) is -2.32. The molecule has 0 aliphatic rings. The van der Waals surface area contributed by atoms with E-state index in [0.29, 0.717) is 0 Å². The zero-order valence-electron chi connectivity index (χ0n) is 15.6. The fourth-order valence-corrected chi connectivity index (χ4v) is 5.80. The maximum atomic E-state index is 12.5. The van der Waals surface area contributed by atoms with Crippen molar-refractivity contribution >= 4 is 24.4 Å². The van der Waals surface area contributed by atoms with Gasteiger partial charge in [-0.3, -0.25) is 4.79 Å². The Morgan fingerprint density at radius 3 is 1.74 bits per heavy atom. The molecule has 3 heteroatoms. The van der Waals surface area contributed by atoms with Crippen LogP contribution in [0.3, 0.4) is 0 Å². The van der Waals surface area contributed by atoms with Gasteiger partial charge in [-0.1, -0.05) is 97.5 Å². The lowest BCUT2D eigenvalue weighted by atomic mass is 10.1. The SMILES string of the molecule is CC(NC(=O)C#C[Si](C)(c1ccccc1)c1ccccc1)c1ccccc1. The molecule has 3 rings (SSSR count). The lowest BCUT2D eigenvalue weighted by Gasteiger charge is -2.22. The van der Waals surface area contributed by atoms with Gasteiger partial charge in [-0.15, -0.1) is 5.54 Å².